The van der Waals surface area contributed by atoms with Crippen molar-refractivity contribution >= 4 is 11.8 Å². The van der Waals surface area contributed by atoms with E-state index in [0.717, 1.165) is 30.9 Å². The van der Waals surface area contributed by atoms with Crippen molar-refractivity contribution in [1.29, 1.82) is 0 Å². The van der Waals surface area contributed by atoms with Gasteiger partial charge in [0.2, 0.25) is 0 Å². The van der Waals surface area contributed by atoms with Gasteiger partial charge in [-0.1, -0.05) is 6.07 Å². The fourth-order valence-corrected chi connectivity index (χ4v) is 2.83. The number of carboxylic acid groups (broad SMARTS) is 1. The molecule has 110 valence electrons. The van der Waals surface area contributed by atoms with E-state index >= 15 is 0 Å². The lowest BCUT2D eigenvalue weighted by Crippen LogP contribution is -2.53. The van der Waals surface area contributed by atoms with E-state index in [2.05, 4.69) is 11.0 Å². The van der Waals surface area contributed by atoms with Crippen LogP contribution in [0.3, 0.4) is 0 Å². The summed E-state index contributed by atoms with van der Waals surface area (Å²) >= 11 is 0. The Morgan fingerprint density at radius 3 is 2.70 bits per heavy atom. The third-order valence-electron chi connectivity index (χ3n) is 4.05. The Morgan fingerprint density at radius 2 is 2.10 bits per heavy atom. The standard InChI is InChI=1S/C15H23N3O2/c1-10-6-13(12(3)14(16)7-10)9-17-4-5-18(15(19)20)11(2)8-17/h6-7,11H,4-5,8-9,16H2,1-3H3,(H,19,20)/t11-/m0/s1. The number of benzene rings is 1. The fourth-order valence-electron chi connectivity index (χ4n) is 2.83. The molecule has 0 spiro atoms. The number of nitrogens with two attached hydrogens (primary N) is 1. The summed E-state index contributed by atoms with van der Waals surface area (Å²) in [7, 11) is 0. The number of nitrogens with zero attached hydrogens (tertiary/aromatic N) is 2. The monoisotopic (exact) mass is 277 g/mol. The van der Waals surface area contributed by atoms with Crippen LogP contribution in [0.25, 0.3) is 0 Å². The Labute approximate surface area is 120 Å². The number of hydrogen-bond donors (Lipinski definition) is 2. The number of piperazine rings is 1. The molecule has 1 aromatic carbocycles. The second-order valence-corrected chi connectivity index (χ2v) is 5.70. The van der Waals surface area contributed by atoms with Crippen LogP contribution in [0, 0.1) is 13.8 Å². The minimum absolute atomic E-state index is 0.0312. The lowest BCUT2D eigenvalue weighted by molar-refractivity contribution is 0.0710. The highest BCUT2D eigenvalue weighted by molar-refractivity contribution is 5.65. The Balaban J connectivity index is 2.07. The summed E-state index contributed by atoms with van der Waals surface area (Å²) < 4.78 is 0. The van der Waals surface area contributed by atoms with Crippen molar-refractivity contribution in [3.8, 4) is 0 Å². The first-order valence-corrected chi connectivity index (χ1v) is 6.96. The molecular weight excluding hydrogens is 254 g/mol. The Hall–Kier alpha value is -1.75. The predicted octanol–water partition coefficient (Wildman–Crippen LogP) is 2.07. The predicted molar refractivity (Wildman–Crippen MR) is 79.8 cm³/mol. The van der Waals surface area contributed by atoms with Crippen LogP contribution in [0.1, 0.15) is 23.6 Å². The lowest BCUT2D eigenvalue weighted by Gasteiger charge is -2.38. The maximum Gasteiger partial charge on any atom is 0.407 e. The van der Waals surface area contributed by atoms with E-state index in [4.69, 9.17) is 10.8 Å². The zero-order valence-electron chi connectivity index (χ0n) is 12.4. The molecule has 3 N–H and O–H groups in total. The summed E-state index contributed by atoms with van der Waals surface area (Å²) in [6.07, 6.45) is -0.826. The number of rotatable bonds is 2. The molecule has 0 bridgehead atoms. The first kappa shape index (κ1) is 14.7. The highest BCUT2D eigenvalue weighted by Gasteiger charge is 2.27. The quantitative estimate of drug-likeness (QED) is 0.812. The lowest BCUT2D eigenvalue weighted by atomic mass is 10.0. The van der Waals surface area contributed by atoms with E-state index in [-0.39, 0.29) is 6.04 Å². The van der Waals surface area contributed by atoms with Crippen LogP contribution in [0.15, 0.2) is 12.1 Å². The first-order chi connectivity index (χ1) is 9.38. The van der Waals surface area contributed by atoms with Gasteiger partial charge in [-0.05, 0) is 43.5 Å². The molecule has 1 aliphatic rings. The van der Waals surface area contributed by atoms with Crippen LogP contribution in [-0.4, -0.2) is 46.7 Å². The van der Waals surface area contributed by atoms with Crippen LogP contribution in [-0.2, 0) is 6.54 Å². The summed E-state index contributed by atoms with van der Waals surface area (Å²) in [6.45, 7) is 8.97. The Morgan fingerprint density at radius 1 is 1.40 bits per heavy atom. The number of nitrogen functional groups attached to an aromatic ring is 1. The van der Waals surface area contributed by atoms with Crippen LogP contribution in [0.5, 0.6) is 0 Å². The molecule has 1 amide bonds. The van der Waals surface area contributed by atoms with E-state index < -0.39 is 6.09 Å². The number of amides is 1. The van der Waals surface area contributed by atoms with Crippen LogP contribution in [0.2, 0.25) is 0 Å². The molecule has 5 heteroatoms. The van der Waals surface area contributed by atoms with Crippen molar-refractivity contribution in [2.24, 2.45) is 0 Å². The molecule has 1 aliphatic heterocycles. The molecular formula is C15H23N3O2. The van der Waals surface area contributed by atoms with Gasteiger partial charge < -0.3 is 15.7 Å². The minimum Gasteiger partial charge on any atom is -0.465 e. The molecule has 1 atom stereocenters. The molecule has 2 rings (SSSR count). The van der Waals surface area contributed by atoms with Crippen LogP contribution >= 0.6 is 0 Å². The molecule has 1 aromatic rings. The molecule has 0 radical (unpaired) electrons. The van der Waals surface area contributed by atoms with Gasteiger partial charge in [0, 0.05) is 37.9 Å². The zero-order valence-corrected chi connectivity index (χ0v) is 12.4. The normalized spacial score (nSPS) is 20.1. The topological polar surface area (TPSA) is 69.8 Å². The fraction of sp³-hybridized carbons (Fsp3) is 0.533. The largest absolute Gasteiger partial charge is 0.465 e. The number of anilines is 1. The van der Waals surface area contributed by atoms with E-state index in [1.54, 1.807) is 0 Å². The maximum absolute atomic E-state index is 11.1. The van der Waals surface area contributed by atoms with Gasteiger partial charge in [-0.2, -0.15) is 0 Å². The summed E-state index contributed by atoms with van der Waals surface area (Å²) in [5.41, 5.74) is 10.4. The van der Waals surface area contributed by atoms with Gasteiger partial charge in [-0.25, -0.2) is 4.79 Å². The second kappa shape index (κ2) is 5.71. The van der Waals surface area contributed by atoms with Crippen molar-refractivity contribution in [2.75, 3.05) is 25.4 Å². The molecule has 5 nitrogen and oxygen atoms in total. The van der Waals surface area contributed by atoms with Crippen molar-refractivity contribution in [3.05, 3.63) is 28.8 Å². The summed E-state index contributed by atoms with van der Waals surface area (Å²) in [5, 5.41) is 9.09. The Bertz CT molecular complexity index is 516. The summed E-state index contributed by atoms with van der Waals surface area (Å²) in [4.78, 5) is 14.9. The molecule has 20 heavy (non-hydrogen) atoms. The number of carbonyl (C=O) groups is 1. The van der Waals surface area contributed by atoms with E-state index in [9.17, 15) is 4.79 Å². The van der Waals surface area contributed by atoms with Gasteiger partial charge in [0.05, 0.1) is 0 Å². The van der Waals surface area contributed by atoms with Crippen molar-refractivity contribution in [1.82, 2.24) is 9.80 Å². The summed E-state index contributed by atoms with van der Waals surface area (Å²) in [6, 6.07) is 4.19. The third-order valence-corrected chi connectivity index (χ3v) is 4.05. The van der Waals surface area contributed by atoms with E-state index in [1.165, 1.54) is 16.0 Å². The van der Waals surface area contributed by atoms with Crippen LogP contribution in [0.4, 0.5) is 10.5 Å². The smallest absolute Gasteiger partial charge is 0.407 e. The summed E-state index contributed by atoms with van der Waals surface area (Å²) in [5.74, 6) is 0. The second-order valence-electron chi connectivity index (χ2n) is 5.70. The van der Waals surface area contributed by atoms with Gasteiger partial charge in [0.1, 0.15) is 0 Å². The Kier molecular flexibility index (Phi) is 4.18. The van der Waals surface area contributed by atoms with Crippen LogP contribution < -0.4 is 5.73 Å². The molecule has 1 fully saturated rings. The van der Waals surface area contributed by atoms with Crippen molar-refractivity contribution in [2.45, 2.75) is 33.4 Å². The highest BCUT2D eigenvalue weighted by atomic mass is 16.4. The molecule has 0 unspecified atom stereocenters. The van der Waals surface area contributed by atoms with Gasteiger partial charge in [0.15, 0.2) is 0 Å². The zero-order chi connectivity index (χ0) is 14.9. The number of aryl methyl sites for hydroxylation is 1. The van der Waals surface area contributed by atoms with Crippen molar-refractivity contribution < 1.29 is 9.90 Å². The molecule has 0 saturated carbocycles. The van der Waals surface area contributed by atoms with Gasteiger partial charge >= 0.3 is 6.09 Å². The SMILES string of the molecule is Cc1cc(N)c(C)c(CN2CCN(C(=O)O)[C@@H](C)C2)c1. The molecule has 0 aromatic heterocycles. The maximum atomic E-state index is 11.1. The third kappa shape index (κ3) is 3.04. The first-order valence-electron chi connectivity index (χ1n) is 6.96. The molecule has 1 heterocycles. The van der Waals surface area contributed by atoms with E-state index in [0.29, 0.717) is 6.54 Å². The molecule has 0 aliphatic carbocycles. The average Bonchev–Trinajstić information content (AvgIpc) is 2.35. The van der Waals surface area contributed by atoms with Gasteiger partial charge in [-0.15, -0.1) is 0 Å². The minimum atomic E-state index is -0.826. The van der Waals surface area contributed by atoms with Crippen molar-refractivity contribution in [3.63, 3.8) is 0 Å². The molecule has 1 saturated heterocycles. The average molecular weight is 277 g/mol. The van der Waals surface area contributed by atoms with Gasteiger partial charge in [-0.3, -0.25) is 4.90 Å². The van der Waals surface area contributed by atoms with Gasteiger partial charge in [0.25, 0.3) is 0 Å². The number of hydrogen-bond acceptors (Lipinski definition) is 3. The van der Waals surface area contributed by atoms with E-state index in [1.807, 2.05) is 26.8 Å². The highest BCUT2D eigenvalue weighted by Crippen LogP contribution is 2.21.